The summed E-state index contributed by atoms with van der Waals surface area (Å²) in [6.07, 6.45) is 2.51. The summed E-state index contributed by atoms with van der Waals surface area (Å²) in [6.45, 7) is 0. The van der Waals surface area contributed by atoms with Crippen molar-refractivity contribution < 1.29 is 0 Å². The first kappa shape index (κ1) is 8.74. The van der Waals surface area contributed by atoms with Crippen LogP contribution in [0.4, 0.5) is 0 Å². The van der Waals surface area contributed by atoms with Crippen molar-refractivity contribution in [2.45, 2.75) is 18.9 Å². The molecule has 14 heavy (non-hydrogen) atoms. The summed E-state index contributed by atoms with van der Waals surface area (Å²) < 4.78 is 3.16. The van der Waals surface area contributed by atoms with Gasteiger partial charge in [-0.1, -0.05) is 11.6 Å². The molecular weight excluding hydrogens is 263 g/mol. The number of rotatable bonds is 1. The molecule has 1 aromatic heterocycles. The van der Waals surface area contributed by atoms with Crippen LogP contribution < -0.4 is 0 Å². The topological polar surface area (TPSA) is 17.8 Å². The van der Waals surface area contributed by atoms with Gasteiger partial charge in [0.05, 0.1) is 11.0 Å². The Kier molecular flexibility index (Phi) is 1.86. The molecule has 0 bridgehead atoms. The minimum atomic E-state index is 0.635. The third kappa shape index (κ3) is 1.27. The van der Waals surface area contributed by atoms with E-state index >= 15 is 0 Å². The second-order valence-electron chi connectivity index (χ2n) is 3.62. The average molecular weight is 272 g/mol. The summed E-state index contributed by atoms with van der Waals surface area (Å²) in [5.41, 5.74) is 2.14. The molecule has 1 heterocycles. The van der Waals surface area contributed by atoms with Crippen LogP contribution in [0.25, 0.3) is 11.0 Å². The van der Waals surface area contributed by atoms with Gasteiger partial charge < -0.3 is 4.57 Å². The number of halogens is 2. The van der Waals surface area contributed by atoms with Gasteiger partial charge >= 0.3 is 0 Å². The van der Waals surface area contributed by atoms with E-state index in [-0.39, 0.29) is 0 Å². The van der Waals surface area contributed by atoms with Crippen LogP contribution in [0.5, 0.6) is 0 Å². The van der Waals surface area contributed by atoms with E-state index in [9.17, 15) is 0 Å². The Balaban J connectivity index is 2.32. The molecule has 0 aliphatic heterocycles. The molecule has 2 nitrogen and oxygen atoms in total. The first-order valence-corrected chi connectivity index (χ1v) is 5.76. The van der Waals surface area contributed by atoms with Crippen LogP contribution in [-0.4, -0.2) is 9.55 Å². The average Bonchev–Trinajstić information content (AvgIpc) is 2.89. The van der Waals surface area contributed by atoms with Crippen molar-refractivity contribution in [3.63, 3.8) is 0 Å². The zero-order valence-electron chi connectivity index (χ0n) is 7.37. The monoisotopic (exact) mass is 270 g/mol. The normalized spacial score (nSPS) is 16.4. The summed E-state index contributed by atoms with van der Waals surface area (Å²) in [5, 5.41) is 0.741. The van der Waals surface area contributed by atoms with Crippen molar-refractivity contribution in [3.05, 3.63) is 28.0 Å². The fourth-order valence-electron chi connectivity index (χ4n) is 1.72. The van der Waals surface area contributed by atoms with Crippen molar-refractivity contribution in [2.24, 2.45) is 0 Å². The number of imidazole rings is 1. The zero-order valence-corrected chi connectivity index (χ0v) is 9.72. The summed E-state index contributed by atoms with van der Waals surface area (Å²) in [5.74, 6) is 0. The molecule has 1 fully saturated rings. The predicted octanol–water partition coefficient (Wildman–Crippen LogP) is 3.79. The van der Waals surface area contributed by atoms with E-state index in [4.69, 9.17) is 11.6 Å². The maximum Gasteiger partial charge on any atom is 0.178 e. The lowest BCUT2D eigenvalue weighted by Crippen LogP contribution is -1.92. The molecule has 4 heteroatoms. The fourth-order valence-corrected chi connectivity index (χ4v) is 2.56. The Morgan fingerprint density at radius 1 is 1.43 bits per heavy atom. The second kappa shape index (κ2) is 2.97. The van der Waals surface area contributed by atoms with Crippen LogP contribution in [-0.2, 0) is 0 Å². The standard InChI is InChI=1S/C10H8BrClN2/c11-10-13-8-5-6(12)1-4-9(8)14(10)7-2-3-7/h1,4-5,7H,2-3H2. The van der Waals surface area contributed by atoms with Crippen LogP contribution >= 0.6 is 27.5 Å². The number of hydrogen-bond acceptors (Lipinski definition) is 1. The van der Waals surface area contributed by atoms with Gasteiger partial charge in [0.2, 0.25) is 0 Å². The third-order valence-corrected chi connectivity index (χ3v) is 3.32. The van der Waals surface area contributed by atoms with Gasteiger partial charge in [-0.2, -0.15) is 0 Å². The molecular formula is C10H8BrClN2. The minimum Gasteiger partial charge on any atom is -0.315 e. The quantitative estimate of drug-likeness (QED) is 0.771. The Morgan fingerprint density at radius 2 is 2.21 bits per heavy atom. The highest BCUT2D eigenvalue weighted by Gasteiger charge is 2.27. The molecule has 0 atom stereocenters. The van der Waals surface area contributed by atoms with E-state index in [1.54, 1.807) is 0 Å². The van der Waals surface area contributed by atoms with Crippen LogP contribution in [0.15, 0.2) is 22.9 Å². The number of hydrogen-bond donors (Lipinski definition) is 0. The summed E-state index contributed by atoms with van der Waals surface area (Å²) >= 11 is 9.39. The van der Waals surface area contributed by atoms with Gasteiger partial charge in [-0.25, -0.2) is 4.98 Å². The van der Waals surface area contributed by atoms with Gasteiger partial charge in [0.15, 0.2) is 4.73 Å². The Labute approximate surface area is 95.0 Å². The number of benzene rings is 1. The summed E-state index contributed by atoms with van der Waals surface area (Å²) in [4.78, 5) is 4.43. The lowest BCUT2D eigenvalue weighted by Gasteiger charge is -2.01. The van der Waals surface area contributed by atoms with Gasteiger partial charge in [0, 0.05) is 11.1 Å². The van der Waals surface area contributed by atoms with E-state index in [1.807, 2.05) is 18.2 Å². The molecule has 0 amide bonds. The van der Waals surface area contributed by atoms with Crippen molar-refractivity contribution in [2.75, 3.05) is 0 Å². The molecule has 2 aromatic rings. The SMILES string of the molecule is Clc1ccc2c(c1)nc(Br)n2C1CC1. The number of fused-ring (bicyclic) bond motifs is 1. The Bertz CT molecular complexity index is 502. The summed E-state index contributed by atoms with van der Waals surface area (Å²) in [6, 6.07) is 6.49. The first-order valence-electron chi connectivity index (χ1n) is 4.59. The molecule has 3 rings (SSSR count). The third-order valence-electron chi connectivity index (χ3n) is 2.52. The van der Waals surface area contributed by atoms with Crippen LogP contribution in [0, 0.1) is 0 Å². The van der Waals surface area contributed by atoms with Gasteiger partial charge in [0.1, 0.15) is 0 Å². The van der Waals surface area contributed by atoms with Crippen molar-refractivity contribution in [3.8, 4) is 0 Å². The van der Waals surface area contributed by atoms with Crippen LogP contribution in [0.3, 0.4) is 0 Å². The molecule has 1 saturated carbocycles. The molecule has 0 unspecified atom stereocenters. The highest BCUT2D eigenvalue weighted by molar-refractivity contribution is 9.10. The molecule has 1 aromatic carbocycles. The number of nitrogens with zero attached hydrogens (tertiary/aromatic N) is 2. The van der Waals surface area contributed by atoms with Crippen molar-refractivity contribution >= 4 is 38.6 Å². The van der Waals surface area contributed by atoms with Gasteiger partial charge in [-0.15, -0.1) is 0 Å². The molecule has 0 N–H and O–H groups in total. The minimum absolute atomic E-state index is 0.635. The smallest absolute Gasteiger partial charge is 0.178 e. The largest absolute Gasteiger partial charge is 0.315 e. The maximum atomic E-state index is 5.91. The molecule has 0 spiro atoms. The van der Waals surface area contributed by atoms with Crippen LogP contribution in [0.1, 0.15) is 18.9 Å². The molecule has 72 valence electrons. The second-order valence-corrected chi connectivity index (χ2v) is 4.76. The number of aromatic nitrogens is 2. The highest BCUT2D eigenvalue weighted by Crippen LogP contribution is 2.40. The van der Waals surface area contributed by atoms with Gasteiger partial charge in [0.25, 0.3) is 0 Å². The molecule has 0 saturated heterocycles. The Hall–Kier alpha value is -0.540. The van der Waals surface area contributed by atoms with E-state index in [0.717, 1.165) is 15.3 Å². The highest BCUT2D eigenvalue weighted by atomic mass is 79.9. The first-order chi connectivity index (χ1) is 6.75. The fraction of sp³-hybridized carbons (Fsp3) is 0.300. The zero-order chi connectivity index (χ0) is 9.71. The van der Waals surface area contributed by atoms with Crippen LogP contribution in [0.2, 0.25) is 5.02 Å². The van der Waals surface area contributed by atoms with E-state index in [2.05, 4.69) is 25.5 Å². The summed E-state index contributed by atoms with van der Waals surface area (Å²) in [7, 11) is 0. The molecule has 0 radical (unpaired) electrons. The lowest BCUT2D eigenvalue weighted by molar-refractivity contribution is 0.745. The van der Waals surface area contributed by atoms with E-state index < -0.39 is 0 Å². The van der Waals surface area contributed by atoms with E-state index in [1.165, 1.54) is 18.4 Å². The lowest BCUT2D eigenvalue weighted by atomic mass is 10.3. The van der Waals surface area contributed by atoms with Crippen molar-refractivity contribution in [1.82, 2.24) is 9.55 Å². The Morgan fingerprint density at radius 3 is 2.93 bits per heavy atom. The van der Waals surface area contributed by atoms with Gasteiger partial charge in [-0.3, -0.25) is 0 Å². The van der Waals surface area contributed by atoms with Crippen molar-refractivity contribution in [1.29, 1.82) is 0 Å². The predicted molar refractivity (Wildman–Crippen MR) is 60.7 cm³/mol. The molecule has 1 aliphatic rings. The maximum absolute atomic E-state index is 5.91. The van der Waals surface area contributed by atoms with E-state index in [0.29, 0.717) is 6.04 Å². The molecule has 1 aliphatic carbocycles. The van der Waals surface area contributed by atoms with Gasteiger partial charge in [-0.05, 0) is 47.0 Å².